The summed E-state index contributed by atoms with van der Waals surface area (Å²) in [6.07, 6.45) is 1.91. The van der Waals surface area contributed by atoms with Gasteiger partial charge in [-0.1, -0.05) is 6.07 Å². The van der Waals surface area contributed by atoms with Gasteiger partial charge in [-0.2, -0.15) is 0 Å². The number of para-hydroxylation sites is 1. The summed E-state index contributed by atoms with van der Waals surface area (Å²) < 4.78 is 14.0. The van der Waals surface area contributed by atoms with Crippen LogP contribution in [0.15, 0.2) is 29.1 Å². The number of carbonyl (C=O) groups is 2. The number of hydrogen-bond donors (Lipinski definition) is 3. The molecular formula is C18H19FN4O3. The smallest absolute Gasteiger partial charge is 0.271 e. The lowest BCUT2D eigenvalue weighted by molar-refractivity contribution is -0.126. The number of nitrogens with one attached hydrogen (secondary N) is 3. The molecule has 136 valence electrons. The van der Waals surface area contributed by atoms with Crippen LogP contribution in [0.4, 0.5) is 4.39 Å². The van der Waals surface area contributed by atoms with E-state index in [0.29, 0.717) is 19.6 Å². The van der Waals surface area contributed by atoms with Crippen LogP contribution in [0.1, 0.15) is 23.3 Å². The second-order valence-electron chi connectivity index (χ2n) is 6.71. The summed E-state index contributed by atoms with van der Waals surface area (Å²) in [5, 5.41) is 6.20. The maximum atomic E-state index is 14.0. The number of fused-ring (bicyclic) bond motifs is 1. The molecule has 1 aromatic heterocycles. The average molecular weight is 358 g/mol. The number of aromatic amines is 1. The van der Waals surface area contributed by atoms with Gasteiger partial charge in [0, 0.05) is 37.1 Å². The number of H-pyrrole nitrogens is 1. The Balaban J connectivity index is 1.66. The summed E-state index contributed by atoms with van der Waals surface area (Å²) in [6.45, 7) is 1.22. The molecule has 8 heteroatoms. The molecule has 7 nitrogen and oxygen atoms in total. The van der Waals surface area contributed by atoms with E-state index < -0.39 is 23.2 Å². The number of rotatable bonds is 3. The fourth-order valence-corrected chi connectivity index (χ4v) is 3.21. The molecule has 1 aliphatic heterocycles. The van der Waals surface area contributed by atoms with Crippen LogP contribution in [-0.4, -0.2) is 53.4 Å². The van der Waals surface area contributed by atoms with Crippen molar-refractivity contribution in [1.82, 2.24) is 20.5 Å². The van der Waals surface area contributed by atoms with E-state index >= 15 is 0 Å². The van der Waals surface area contributed by atoms with E-state index in [1.54, 1.807) is 0 Å². The number of carbonyl (C=O) groups excluding carboxylic acids is 2. The lowest BCUT2D eigenvalue weighted by Crippen LogP contribution is -2.60. The van der Waals surface area contributed by atoms with Gasteiger partial charge >= 0.3 is 0 Å². The van der Waals surface area contributed by atoms with Crippen LogP contribution in [0, 0.1) is 5.82 Å². The van der Waals surface area contributed by atoms with Gasteiger partial charge in [-0.15, -0.1) is 0 Å². The van der Waals surface area contributed by atoms with Gasteiger partial charge in [-0.25, -0.2) is 4.39 Å². The lowest BCUT2D eigenvalue weighted by Gasteiger charge is -2.35. The number of halogens is 1. The minimum Gasteiger partial charge on any atom is -0.352 e. The summed E-state index contributed by atoms with van der Waals surface area (Å²) in [5.74, 6) is -1.29. The van der Waals surface area contributed by atoms with Crippen molar-refractivity contribution in [1.29, 1.82) is 0 Å². The molecule has 1 aliphatic carbocycles. The largest absolute Gasteiger partial charge is 0.352 e. The van der Waals surface area contributed by atoms with E-state index in [-0.39, 0.29) is 28.5 Å². The molecule has 1 atom stereocenters. The predicted octanol–water partition coefficient (Wildman–Crippen LogP) is 0.360. The Morgan fingerprint density at radius 2 is 2.08 bits per heavy atom. The highest BCUT2D eigenvalue weighted by atomic mass is 19.1. The molecule has 0 spiro atoms. The lowest BCUT2D eigenvalue weighted by atomic mass is 10.1. The molecule has 26 heavy (non-hydrogen) atoms. The van der Waals surface area contributed by atoms with Crippen LogP contribution < -0.4 is 16.1 Å². The van der Waals surface area contributed by atoms with E-state index in [4.69, 9.17) is 0 Å². The molecule has 0 radical (unpaired) electrons. The van der Waals surface area contributed by atoms with Crippen LogP contribution in [0.25, 0.3) is 10.9 Å². The van der Waals surface area contributed by atoms with Gasteiger partial charge in [0.05, 0.1) is 5.52 Å². The van der Waals surface area contributed by atoms with Gasteiger partial charge in [0.2, 0.25) is 5.91 Å². The van der Waals surface area contributed by atoms with Crippen molar-refractivity contribution in [3.8, 4) is 0 Å². The summed E-state index contributed by atoms with van der Waals surface area (Å²) >= 11 is 0. The third kappa shape index (κ3) is 3.08. The molecular weight excluding hydrogens is 339 g/mol. The number of nitrogens with zero attached hydrogens (tertiary/aromatic N) is 1. The molecule has 3 N–H and O–H groups in total. The molecule has 2 aromatic rings. The molecule has 1 aromatic carbocycles. The topological polar surface area (TPSA) is 94.3 Å². The fourth-order valence-electron chi connectivity index (χ4n) is 3.21. The molecule has 2 amide bonds. The monoisotopic (exact) mass is 358 g/mol. The van der Waals surface area contributed by atoms with Crippen LogP contribution in [-0.2, 0) is 4.79 Å². The molecule has 0 unspecified atom stereocenters. The number of benzene rings is 1. The molecule has 1 saturated carbocycles. The second kappa shape index (κ2) is 6.53. The zero-order valence-electron chi connectivity index (χ0n) is 14.0. The summed E-state index contributed by atoms with van der Waals surface area (Å²) in [5.41, 5.74) is -0.452. The Hall–Kier alpha value is -2.74. The van der Waals surface area contributed by atoms with Gasteiger partial charge in [0.1, 0.15) is 17.6 Å². The Bertz CT molecular complexity index is 938. The van der Waals surface area contributed by atoms with E-state index in [0.717, 1.165) is 12.8 Å². The number of hydrogen-bond acceptors (Lipinski definition) is 4. The first kappa shape index (κ1) is 16.7. The standard InChI is InChI=1S/C18H19FN4O3/c19-12-3-1-2-11-15(24)8-13(22-16(11)12)18(26)23-7-6-20-9-14(23)17(25)21-10-4-5-10/h1-3,8,10,14,20H,4-7,9H2,(H,21,25)(H,22,24)/t14-/m1/s1. The van der Waals surface area contributed by atoms with Gasteiger partial charge in [0.25, 0.3) is 5.91 Å². The van der Waals surface area contributed by atoms with Crippen molar-refractivity contribution in [2.45, 2.75) is 24.9 Å². The van der Waals surface area contributed by atoms with Crippen LogP contribution in [0.2, 0.25) is 0 Å². The van der Waals surface area contributed by atoms with Gasteiger partial charge in [0.15, 0.2) is 5.43 Å². The van der Waals surface area contributed by atoms with Gasteiger partial charge < -0.3 is 20.5 Å². The van der Waals surface area contributed by atoms with Crippen molar-refractivity contribution >= 4 is 22.7 Å². The minimum absolute atomic E-state index is 0.00235. The molecule has 0 bridgehead atoms. The molecule has 2 heterocycles. The third-order valence-electron chi connectivity index (χ3n) is 4.78. The summed E-state index contributed by atoms with van der Waals surface area (Å²) in [6, 6.07) is 4.88. The highest BCUT2D eigenvalue weighted by Gasteiger charge is 2.35. The Labute approximate surface area is 148 Å². The van der Waals surface area contributed by atoms with Crippen molar-refractivity contribution in [3.63, 3.8) is 0 Å². The number of pyridine rings is 1. The highest BCUT2D eigenvalue weighted by molar-refractivity contribution is 5.98. The Kier molecular flexibility index (Phi) is 4.20. The van der Waals surface area contributed by atoms with Crippen LogP contribution >= 0.6 is 0 Å². The Morgan fingerprint density at radius 1 is 1.27 bits per heavy atom. The summed E-state index contributed by atoms with van der Waals surface area (Å²) in [4.78, 5) is 41.8. The van der Waals surface area contributed by atoms with Crippen molar-refractivity contribution in [3.05, 3.63) is 46.0 Å². The van der Waals surface area contributed by atoms with Crippen molar-refractivity contribution in [2.75, 3.05) is 19.6 Å². The predicted molar refractivity (Wildman–Crippen MR) is 93.4 cm³/mol. The quantitative estimate of drug-likeness (QED) is 0.738. The van der Waals surface area contributed by atoms with E-state index in [2.05, 4.69) is 15.6 Å². The Morgan fingerprint density at radius 3 is 2.85 bits per heavy atom. The van der Waals surface area contributed by atoms with Crippen LogP contribution in [0.5, 0.6) is 0 Å². The SMILES string of the molecule is O=C(NC1CC1)[C@H]1CNCCN1C(=O)c1cc(=O)c2cccc(F)c2[nH]1. The third-order valence-corrected chi connectivity index (χ3v) is 4.78. The molecule has 2 aliphatic rings. The molecule has 2 fully saturated rings. The van der Waals surface area contributed by atoms with E-state index in [9.17, 15) is 18.8 Å². The second-order valence-corrected chi connectivity index (χ2v) is 6.71. The van der Waals surface area contributed by atoms with E-state index in [1.807, 2.05) is 0 Å². The minimum atomic E-state index is -0.656. The zero-order chi connectivity index (χ0) is 18.3. The average Bonchev–Trinajstić information content (AvgIpc) is 3.46. The van der Waals surface area contributed by atoms with E-state index in [1.165, 1.54) is 29.2 Å². The number of amides is 2. The first-order chi connectivity index (χ1) is 12.5. The zero-order valence-corrected chi connectivity index (χ0v) is 14.0. The maximum absolute atomic E-state index is 14.0. The first-order valence-electron chi connectivity index (χ1n) is 8.68. The maximum Gasteiger partial charge on any atom is 0.271 e. The highest BCUT2D eigenvalue weighted by Crippen LogP contribution is 2.20. The first-order valence-corrected chi connectivity index (χ1v) is 8.68. The van der Waals surface area contributed by atoms with Crippen LogP contribution in [0.3, 0.4) is 0 Å². The number of piperazine rings is 1. The number of aromatic nitrogens is 1. The van der Waals surface area contributed by atoms with Crippen molar-refractivity contribution < 1.29 is 14.0 Å². The van der Waals surface area contributed by atoms with Gasteiger partial charge in [-0.05, 0) is 25.0 Å². The molecule has 1 saturated heterocycles. The van der Waals surface area contributed by atoms with Crippen molar-refractivity contribution in [2.24, 2.45) is 0 Å². The molecule has 4 rings (SSSR count). The van der Waals surface area contributed by atoms with Gasteiger partial charge in [-0.3, -0.25) is 14.4 Å². The summed E-state index contributed by atoms with van der Waals surface area (Å²) in [7, 11) is 0. The normalized spacial score (nSPS) is 20.2. The fraction of sp³-hybridized carbons (Fsp3) is 0.389.